The Morgan fingerprint density at radius 1 is 1.10 bits per heavy atom. The first-order valence-electron chi connectivity index (χ1n) is 14.4. The SMILES string of the molecule is CCCC(CCCN1CC(NC(=O)CNC2NN(Cc3ccccc3)c3ccc(C(F)(F)F)cc32)C1)C(=O)OCC. The monoisotopic (exact) mass is 575 g/mol. The third-order valence-electron chi connectivity index (χ3n) is 7.50. The van der Waals surface area contributed by atoms with Crippen LogP contribution >= 0.6 is 0 Å². The van der Waals surface area contributed by atoms with Crippen molar-refractivity contribution in [3.05, 3.63) is 65.2 Å². The quantitative estimate of drug-likeness (QED) is 0.289. The van der Waals surface area contributed by atoms with Gasteiger partial charge in [-0.05, 0) is 56.5 Å². The lowest BCUT2D eigenvalue weighted by molar-refractivity contribution is -0.148. The normalized spacial score (nSPS) is 18.1. The zero-order valence-electron chi connectivity index (χ0n) is 23.7. The van der Waals surface area contributed by atoms with Gasteiger partial charge in [0.15, 0.2) is 0 Å². The van der Waals surface area contributed by atoms with E-state index in [1.54, 1.807) is 5.01 Å². The van der Waals surface area contributed by atoms with Crippen molar-refractivity contribution in [2.24, 2.45) is 5.92 Å². The summed E-state index contributed by atoms with van der Waals surface area (Å²) in [5.74, 6) is -0.391. The fourth-order valence-corrected chi connectivity index (χ4v) is 5.42. The predicted octanol–water partition coefficient (Wildman–Crippen LogP) is 4.38. The molecule has 2 aliphatic heterocycles. The van der Waals surface area contributed by atoms with Gasteiger partial charge in [0.2, 0.25) is 5.91 Å². The van der Waals surface area contributed by atoms with Crippen molar-refractivity contribution in [3.8, 4) is 0 Å². The molecule has 0 saturated carbocycles. The summed E-state index contributed by atoms with van der Waals surface area (Å²) in [6.45, 7) is 7.00. The van der Waals surface area contributed by atoms with Crippen molar-refractivity contribution in [2.45, 2.75) is 64.5 Å². The minimum Gasteiger partial charge on any atom is -0.466 e. The van der Waals surface area contributed by atoms with Crippen molar-refractivity contribution < 1.29 is 27.5 Å². The van der Waals surface area contributed by atoms with Gasteiger partial charge in [0, 0.05) is 18.7 Å². The average molecular weight is 576 g/mol. The molecule has 8 nitrogen and oxygen atoms in total. The Labute approximate surface area is 239 Å². The number of nitrogens with one attached hydrogen (secondary N) is 3. The van der Waals surface area contributed by atoms with Crippen LogP contribution in [0.25, 0.3) is 0 Å². The Hall–Kier alpha value is -3.15. The van der Waals surface area contributed by atoms with Crippen LogP contribution in [0.1, 0.15) is 62.4 Å². The van der Waals surface area contributed by atoms with Crippen LogP contribution in [0.4, 0.5) is 18.9 Å². The van der Waals surface area contributed by atoms with Gasteiger partial charge in [-0.3, -0.25) is 19.8 Å². The molecule has 224 valence electrons. The number of alkyl halides is 3. The molecule has 0 radical (unpaired) electrons. The fourth-order valence-electron chi connectivity index (χ4n) is 5.42. The molecule has 1 amide bonds. The molecule has 1 fully saturated rings. The highest BCUT2D eigenvalue weighted by atomic mass is 19.4. The zero-order chi connectivity index (χ0) is 29.4. The second kappa shape index (κ2) is 14.2. The number of ether oxygens (including phenoxy) is 1. The number of rotatable bonds is 14. The number of fused-ring (bicyclic) bond motifs is 1. The third-order valence-corrected chi connectivity index (χ3v) is 7.50. The second-order valence-corrected chi connectivity index (χ2v) is 10.7. The van der Waals surface area contributed by atoms with Gasteiger partial charge in [-0.2, -0.15) is 13.2 Å². The van der Waals surface area contributed by atoms with Gasteiger partial charge in [-0.15, -0.1) is 0 Å². The summed E-state index contributed by atoms with van der Waals surface area (Å²) < 4.78 is 45.5. The molecule has 2 aromatic rings. The van der Waals surface area contributed by atoms with Crippen LogP contribution in [-0.4, -0.2) is 55.6 Å². The van der Waals surface area contributed by atoms with E-state index in [-0.39, 0.29) is 30.4 Å². The van der Waals surface area contributed by atoms with Crippen molar-refractivity contribution in [1.82, 2.24) is 21.0 Å². The molecule has 3 N–H and O–H groups in total. The summed E-state index contributed by atoms with van der Waals surface area (Å²) >= 11 is 0. The standard InChI is InChI=1S/C30H40F3N5O3/c1-3-9-22(29(40)41-4-2)12-8-15-37-19-24(20-37)35-27(39)17-34-28-25-16-23(30(31,32)33)13-14-26(25)38(36-28)18-21-10-6-5-7-11-21/h5-7,10-11,13-14,16,22,24,28,34,36H,3-4,8-9,12,15,17-20H2,1-2H3,(H,35,39). The Kier molecular flexibility index (Phi) is 10.6. The first-order chi connectivity index (χ1) is 19.7. The molecular weight excluding hydrogens is 535 g/mol. The highest BCUT2D eigenvalue weighted by Crippen LogP contribution is 2.38. The number of amides is 1. The third kappa shape index (κ3) is 8.43. The summed E-state index contributed by atoms with van der Waals surface area (Å²) in [5.41, 5.74) is 4.57. The topological polar surface area (TPSA) is 85.9 Å². The lowest BCUT2D eigenvalue weighted by Gasteiger charge is -2.39. The summed E-state index contributed by atoms with van der Waals surface area (Å²) in [5, 5.41) is 7.89. The largest absolute Gasteiger partial charge is 0.466 e. The number of hydrogen-bond acceptors (Lipinski definition) is 7. The van der Waals surface area contributed by atoms with Gasteiger partial charge in [-0.1, -0.05) is 43.7 Å². The Bertz CT molecular complexity index is 1160. The van der Waals surface area contributed by atoms with E-state index in [1.165, 1.54) is 6.07 Å². The predicted molar refractivity (Wildman–Crippen MR) is 151 cm³/mol. The van der Waals surface area contributed by atoms with Crippen LogP contribution in [0, 0.1) is 5.92 Å². The van der Waals surface area contributed by atoms with Gasteiger partial charge in [0.25, 0.3) is 0 Å². The number of anilines is 1. The smallest absolute Gasteiger partial charge is 0.416 e. The highest BCUT2D eigenvalue weighted by Gasteiger charge is 2.35. The van der Waals surface area contributed by atoms with E-state index in [0.717, 1.165) is 63.0 Å². The molecular formula is C30H40F3N5O3. The van der Waals surface area contributed by atoms with Crippen LogP contribution in [0.2, 0.25) is 0 Å². The number of hydrazine groups is 1. The summed E-state index contributed by atoms with van der Waals surface area (Å²) in [6.07, 6.45) is -1.67. The Balaban J connectivity index is 1.24. The molecule has 4 rings (SSSR count). The molecule has 41 heavy (non-hydrogen) atoms. The molecule has 1 saturated heterocycles. The van der Waals surface area contributed by atoms with E-state index < -0.39 is 17.9 Å². The van der Waals surface area contributed by atoms with E-state index in [9.17, 15) is 22.8 Å². The maximum Gasteiger partial charge on any atom is 0.416 e. The molecule has 2 heterocycles. The lowest BCUT2D eigenvalue weighted by Crippen LogP contribution is -2.60. The Morgan fingerprint density at radius 2 is 1.85 bits per heavy atom. The molecule has 0 bridgehead atoms. The van der Waals surface area contributed by atoms with Crippen LogP contribution in [0.15, 0.2) is 48.5 Å². The number of halogens is 3. The maximum atomic E-state index is 13.4. The summed E-state index contributed by atoms with van der Waals surface area (Å²) in [7, 11) is 0. The van der Waals surface area contributed by atoms with Gasteiger partial charge in [0.1, 0.15) is 6.17 Å². The lowest BCUT2D eigenvalue weighted by atomic mass is 9.97. The number of hydrogen-bond donors (Lipinski definition) is 3. The van der Waals surface area contributed by atoms with Crippen LogP contribution in [0.5, 0.6) is 0 Å². The average Bonchev–Trinajstić information content (AvgIpc) is 3.26. The van der Waals surface area contributed by atoms with Gasteiger partial charge in [-0.25, -0.2) is 5.43 Å². The number of nitrogens with zero attached hydrogens (tertiary/aromatic N) is 2. The van der Waals surface area contributed by atoms with Crippen molar-refractivity contribution in [2.75, 3.05) is 37.8 Å². The van der Waals surface area contributed by atoms with Crippen LogP contribution in [0.3, 0.4) is 0 Å². The van der Waals surface area contributed by atoms with E-state index >= 15 is 0 Å². The second-order valence-electron chi connectivity index (χ2n) is 10.7. The first-order valence-corrected chi connectivity index (χ1v) is 14.4. The number of esters is 1. The van der Waals surface area contributed by atoms with Crippen molar-refractivity contribution in [3.63, 3.8) is 0 Å². The number of likely N-dealkylation sites (tertiary alicyclic amines) is 1. The summed E-state index contributed by atoms with van der Waals surface area (Å²) in [4.78, 5) is 27.0. The van der Waals surface area contributed by atoms with E-state index in [2.05, 4.69) is 27.9 Å². The Morgan fingerprint density at radius 3 is 2.54 bits per heavy atom. The molecule has 2 atom stereocenters. The highest BCUT2D eigenvalue weighted by molar-refractivity contribution is 5.78. The first kappa shape index (κ1) is 30.8. The molecule has 0 aliphatic carbocycles. The number of carbonyl (C=O) groups is 2. The summed E-state index contributed by atoms with van der Waals surface area (Å²) in [6, 6.07) is 13.3. The zero-order valence-corrected chi connectivity index (χ0v) is 23.7. The fraction of sp³-hybridized carbons (Fsp3) is 0.533. The van der Waals surface area contributed by atoms with Gasteiger partial charge < -0.3 is 15.1 Å². The molecule has 2 unspecified atom stereocenters. The van der Waals surface area contributed by atoms with Crippen LogP contribution < -0.4 is 21.1 Å². The van der Waals surface area contributed by atoms with Gasteiger partial charge >= 0.3 is 12.1 Å². The van der Waals surface area contributed by atoms with Crippen molar-refractivity contribution in [1.29, 1.82) is 0 Å². The minimum atomic E-state index is -4.46. The van der Waals surface area contributed by atoms with Crippen molar-refractivity contribution >= 4 is 17.6 Å². The minimum absolute atomic E-state index is 0.0241. The molecule has 11 heteroatoms. The number of carbonyl (C=O) groups excluding carboxylic acids is 2. The van der Waals surface area contributed by atoms with E-state index in [0.29, 0.717) is 24.4 Å². The maximum absolute atomic E-state index is 13.4. The number of benzene rings is 2. The molecule has 0 aromatic heterocycles. The van der Waals surface area contributed by atoms with Crippen LogP contribution in [-0.2, 0) is 27.0 Å². The van der Waals surface area contributed by atoms with Gasteiger partial charge in [0.05, 0.1) is 42.9 Å². The molecule has 2 aliphatic rings. The van der Waals surface area contributed by atoms with E-state index in [4.69, 9.17) is 4.74 Å². The molecule has 2 aromatic carbocycles. The molecule has 0 spiro atoms. The van der Waals surface area contributed by atoms with E-state index in [1.807, 2.05) is 37.3 Å².